The highest BCUT2D eigenvalue weighted by atomic mass is 16.1. The van der Waals surface area contributed by atoms with Crippen LogP contribution in [0.5, 0.6) is 0 Å². The summed E-state index contributed by atoms with van der Waals surface area (Å²) in [5.41, 5.74) is 5.44. The zero-order valence-corrected chi connectivity index (χ0v) is 5.83. The van der Waals surface area contributed by atoms with Gasteiger partial charge in [-0.05, 0) is 6.92 Å². The molecular weight excluding hydrogens is 132 g/mol. The molecule has 5 nitrogen and oxygen atoms in total. The molecule has 0 radical (unpaired) electrons. The third-order valence-electron chi connectivity index (χ3n) is 1.26. The zero-order chi connectivity index (χ0) is 7.72. The predicted octanol–water partition coefficient (Wildman–Crippen LogP) is -0.934. The summed E-state index contributed by atoms with van der Waals surface area (Å²) in [4.78, 5) is 11.0. The number of aromatic nitrogens is 3. The zero-order valence-electron chi connectivity index (χ0n) is 5.83. The minimum absolute atomic E-state index is 0.135. The summed E-state index contributed by atoms with van der Waals surface area (Å²) < 4.78 is 1.25. The molecule has 0 unspecified atom stereocenters. The summed E-state index contributed by atoms with van der Waals surface area (Å²) in [7, 11) is 1.55. The fraction of sp³-hybridized carbons (Fsp3) is 0.400. The minimum atomic E-state index is -0.201. The van der Waals surface area contributed by atoms with E-state index in [2.05, 4.69) is 10.2 Å². The molecule has 0 aliphatic rings. The molecule has 0 amide bonds. The van der Waals surface area contributed by atoms with Crippen LogP contribution in [0.25, 0.3) is 0 Å². The quantitative estimate of drug-likeness (QED) is 0.505. The van der Waals surface area contributed by atoms with E-state index in [9.17, 15) is 4.79 Å². The molecule has 0 bridgehead atoms. The van der Waals surface area contributed by atoms with Gasteiger partial charge in [-0.15, -0.1) is 10.2 Å². The second-order valence-electron chi connectivity index (χ2n) is 2.01. The number of nitrogen functional groups attached to an aromatic ring is 1. The third kappa shape index (κ3) is 0.854. The largest absolute Gasteiger partial charge is 0.368 e. The van der Waals surface area contributed by atoms with Crippen molar-refractivity contribution in [2.75, 3.05) is 5.73 Å². The van der Waals surface area contributed by atoms with Gasteiger partial charge in [-0.25, -0.2) is 0 Å². The number of nitrogens with zero attached hydrogens (tertiary/aromatic N) is 3. The topological polar surface area (TPSA) is 73.8 Å². The first-order valence-electron chi connectivity index (χ1n) is 2.78. The van der Waals surface area contributed by atoms with E-state index in [0.717, 1.165) is 0 Å². The molecule has 1 heterocycles. The first-order valence-corrected chi connectivity index (χ1v) is 2.78. The Labute approximate surface area is 57.5 Å². The van der Waals surface area contributed by atoms with Crippen LogP contribution in [0.1, 0.15) is 5.69 Å². The van der Waals surface area contributed by atoms with Crippen molar-refractivity contribution in [1.29, 1.82) is 0 Å². The molecule has 10 heavy (non-hydrogen) atoms. The predicted molar refractivity (Wildman–Crippen MR) is 36.4 cm³/mol. The standard InChI is InChI=1S/C5H8N4O/c1-3-4(10)9(2)5(6)8-7-3/h1-2H3,(H2,6,8). The molecule has 0 fully saturated rings. The van der Waals surface area contributed by atoms with Gasteiger partial charge in [0.05, 0.1) is 0 Å². The molecule has 0 aliphatic carbocycles. The molecule has 54 valence electrons. The summed E-state index contributed by atoms with van der Waals surface area (Å²) >= 11 is 0. The van der Waals surface area contributed by atoms with Gasteiger partial charge in [-0.3, -0.25) is 9.36 Å². The summed E-state index contributed by atoms with van der Waals surface area (Å²) in [6, 6.07) is 0. The Morgan fingerprint density at radius 1 is 1.50 bits per heavy atom. The highest BCUT2D eigenvalue weighted by Gasteiger charge is 1.99. The average Bonchev–Trinajstić information content (AvgIpc) is 1.93. The normalized spacial score (nSPS) is 9.80. The summed E-state index contributed by atoms with van der Waals surface area (Å²) in [5, 5.41) is 7.06. The van der Waals surface area contributed by atoms with Crippen LogP contribution in [-0.4, -0.2) is 14.8 Å². The van der Waals surface area contributed by atoms with Gasteiger partial charge < -0.3 is 5.73 Å². The van der Waals surface area contributed by atoms with E-state index in [1.165, 1.54) is 4.57 Å². The lowest BCUT2D eigenvalue weighted by molar-refractivity contribution is 0.772. The van der Waals surface area contributed by atoms with Gasteiger partial charge in [0, 0.05) is 7.05 Å². The Balaban J connectivity index is 3.50. The number of nitrogens with two attached hydrogens (primary N) is 1. The minimum Gasteiger partial charge on any atom is -0.368 e. The van der Waals surface area contributed by atoms with E-state index in [1.54, 1.807) is 14.0 Å². The Morgan fingerprint density at radius 3 is 2.60 bits per heavy atom. The molecule has 0 saturated carbocycles. The van der Waals surface area contributed by atoms with E-state index in [-0.39, 0.29) is 11.5 Å². The van der Waals surface area contributed by atoms with E-state index < -0.39 is 0 Å². The van der Waals surface area contributed by atoms with E-state index in [0.29, 0.717) is 5.69 Å². The van der Waals surface area contributed by atoms with Crippen LogP contribution < -0.4 is 11.3 Å². The highest BCUT2D eigenvalue weighted by Crippen LogP contribution is 1.85. The maximum atomic E-state index is 11.0. The van der Waals surface area contributed by atoms with E-state index >= 15 is 0 Å². The third-order valence-corrected chi connectivity index (χ3v) is 1.26. The lowest BCUT2D eigenvalue weighted by Crippen LogP contribution is -2.24. The highest BCUT2D eigenvalue weighted by molar-refractivity contribution is 5.14. The van der Waals surface area contributed by atoms with Crippen molar-refractivity contribution in [3.05, 3.63) is 16.0 Å². The van der Waals surface area contributed by atoms with Gasteiger partial charge in [0.25, 0.3) is 5.56 Å². The fourth-order valence-electron chi connectivity index (χ4n) is 0.583. The number of hydrogen-bond acceptors (Lipinski definition) is 4. The molecule has 0 atom stereocenters. The number of rotatable bonds is 0. The molecule has 0 aliphatic heterocycles. The van der Waals surface area contributed by atoms with Crippen molar-refractivity contribution >= 4 is 5.95 Å². The summed E-state index contributed by atoms with van der Waals surface area (Å²) in [5.74, 6) is 0.135. The summed E-state index contributed by atoms with van der Waals surface area (Å²) in [6.07, 6.45) is 0. The van der Waals surface area contributed by atoms with Gasteiger partial charge in [-0.2, -0.15) is 0 Å². The van der Waals surface area contributed by atoms with Crippen molar-refractivity contribution in [1.82, 2.24) is 14.8 Å². The Hall–Kier alpha value is -1.39. The Bertz CT molecular complexity index is 303. The molecule has 1 aromatic heterocycles. The van der Waals surface area contributed by atoms with Crippen molar-refractivity contribution in [3.63, 3.8) is 0 Å². The lowest BCUT2D eigenvalue weighted by Gasteiger charge is -1.99. The maximum absolute atomic E-state index is 11.0. The van der Waals surface area contributed by atoms with Crippen molar-refractivity contribution in [2.24, 2.45) is 7.05 Å². The van der Waals surface area contributed by atoms with Crippen LogP contribution in [0, 0.1) is 6.92 Å². The van der Waals surface area contributed by atoms with Crippen LogP contribution in [0.2, 0.25) is 0 Å². The van der Waals surface area contributed by atoms with Gasteiger partial charge >= 0.3 is 0 Å². The molecule has 1 rings (SSSR count). The van der Waals surface area contributed by atoms with Crippen LogP contribution in [0.15, 0.2) is 4.79 Å². The van der Waals surface area contributed by atoms with E-state index in [4.69, 9.17) is 5.73 Å². The number of aryl methyl sites for hydroxylation is 1. The van der Waals surface area contributed by atoms with Gasteiger partial charge in [-0.1, -0.05) is 0 Å². The van der Waals surface area contributed by atoms with Gasteiger partial charge in [0.2, 0.25) is 5.95 Å². The molecular formula is C5H8N4O. The number of anilines is 1. The number of hydrogen-bond donors (Lipinski definition) is 1. The van der Waals surface area contributed by atoms with Crippen LogP contribution in [-0.2, 0) is 7.05 Å². The van der Waals surface area contributed by atoms with Crippen LogP contribution in [0.4, 0.5) is 5.95 Å². The molecule has 0 saturated heterocycles. The van der Waals surface area contributed by atoms with Crippen molar-refractivity contribution < 1.29 is 0 Å². The Kier molecular flexibility index (Phi) is 1.41. The maximum Gasteiger partial charge on any atom is 0.276 e. The molecule has 0 spiro atoms. The molecule has 0 aromatic carbocycles. The fourth-order valence-corrected chi connectivity index (χ4v) is 0.583. The van der Waals surface area contributed by atoms with Gasteiger partial charge in [0.1, 0.15) is 5.69 Å². The average molecular weight is 140 g/mol. The van der Waals surface area contributed by atoms with Gasteiger partial charge in [0.15, 0.2) is 0 Å². The molecule has 5 heteroatoms. The Morgan fingerprint density at radius 2 is 2.10 bits per heavy atom. The van der Waals surface area contributed by atoms with Crippen LogP contribution >= 0.6 is 0 Å². The summed E-state index contributed by atoms with van der Waals surface area (Å²) in [6.45, 7) is 1.59. The second kappa shape index (κ2) is 2.09. The SMILES string of the molecule is Cc1nnc(N)n(C)c1=O. The van der Waals surface area contributed by atoms with Crippen LogP contribution in [0.3, 0.4) is 0 Å². The monoisotopic (exact) mass is 140 g/mol. The second-order valence-corrected chi connectivity index (χ2v) is 2.01. The van der Waals surface area contributed by atoms with Crippen molar-refractivity contribution in [3.8, 4) is 0 Å². The molecule has 2 N–H and O–H groups in total. The van der Waals surface area contributed by atoms with Crippen molar-refractivity contribution in [2.45, 2.75) is 6.92 Å². The van der Waals surface area contributed by atoms with E-state index in [1.807, 2.05) is 0 Å². The first kappa shape index (κ1) is 6.73. The smallest absolute Gasteiger partial charge is 0.276 e. The lowest BCUT2D eigenvalue weighted by atomic mass is 10.5. The molecule has 1 aromatic rings. The first-order chi connectivity index (χ1) is 4.63.